The van der Waals surface area contributed by atoms with Gasteiger partial charge in [-0.05, 0) is 19.1 Å². The molecule has 0 bridgehead atoms. The SMILES string of the molecule is CCOC(N)=Nc1c(Cl)ccc2nsnc12. The van der Waals surface area contributed by atoms with E-state index in [1.54, 1.807) is 12.1 Å². The van der Waals surface area contributed by atoms with E-state index in [2.05, 4.69) is 13.7 Å². The maximum absolute atomic E-state index is 6.02. The Labute approximate surface area is 101 Å². The molecule has 0 fully saturated rings. The van der Waals surface area contributed by atoms with Crippen LogP contribution in [0, 0.1) is 0 Å². The number of aliphatic imine (C=N–C) groups is 1. The summed E-state index contributed by atoms with van der Waals surface area (Å²) in [6.45, 7) is 2.28. The van der Waals surface area contributed by atoms with Crippen LogP contribution in [-0.4, -0.2) is 21.4 Å². The molecule has 0 atom stereocenters. The van der Waals surface area contributed by atoms with E-state index < -0.39 is 0 Å². The standard InChI is InChI=1S/C9H9ClN4OS/c1-2-15-9(11)12-7-5(10)3-4-6-8(7)14-16-13-6/h3-4H,2H2,1H3,(H2,11,12). The lowest BCUT2D eigenvalue weighted by molar-refractivity contribution is 0.322. The Bertz CT molecular complexity index is 539. The van der Waals surface area contributed by atoms with E-state index in [1.165, 1.54) is 0 Å². The van der Waals surface area contributed by atoms with Gasteiger partial charge < -0.3 is 10.5 Å². The fraction of sp³-hybridized carbons (Fsp3) is 0.222. The zero-order valence-corrected chi connectivity index (χ0v) is 10.0. The Kier molecular flexibility index (Phi) is 3.21. The number of hydrogen-bond donors (Lipinski definition) is 1. The van der Waals surface area contributed by atoms with Gasteiger partial charge in [0.25, 0.3) is 6.02 Å². The van der Waals surface area contributed by atoms with Crippen LogP contribution in [0.15, 0.2) is 17.1 Å². The zero-order valence-electron chi connectivity index (χ0n) is 8.48. The van der Waals surface area contributed by atoms with Crippen molar-refractivity contribution in [3.8, 4) is 0 Å². The first-order valence-corrected chi connectivity index (χ1v) is 5.71. The fourth-order valence-corrected chi connectivity index (χ4v) is 1.94. The molecule has 1 aromatic carbocycles. The number of benzene rings is 1. The number of halogens is 1. The second-order valence-electron chi connectivity index (χ2n) is 2.91. The molecule has 0 spiro atoms. The monoisotopic (exact) mass is 256 g/mol. The van der Waals surface area contributed by atoms with Crippen LogP contribution in [0.2, 0.25) is 5.02 Å². The lowest BCUT2D eigenvalue weighted by Crippen LogP contribution is -2.15. The summed E-state index contributed by atoms with van der Waals surface area (Å²) >= 11 is 7.13. The molecule has 0 saturated carbocycles. The van der Waals surface area contributed by atoms with Gasteiger partial charge in [-0.2, -0.15) is 13.7 Å². The van der Waals surface area contributed by atoms with Gasteiger partial charge in [-0.1, -0.05) is 11.6 Å². The van der Waals surface area contributed by atoms with Crippen LogP contribution in [0.5, 0.6) is 0 Å². The molecule has 0 unspecified atom stereocenters. The first-order chi connectivity index (χ1) is 7.72. The van der Waals surface area contributed by atoms with Crippen molar-refractivity contribution in [1.29, 1.82) is 0 Å². The maximum atomic E-state index is 6.02. The van der Waals surface area contributed by atoms with Crippen molar-refractivity contribution in [1.82, 2.24) is 8.75 Å². The third-order valence-corrected chi connectivity index (χ3v) is 2.71. The number of nitrogens with two attached hydrogens (primary N) is 1. The first-order valence-electron chi connectivity index (χ1n) is 4.60. The number of nitrogens with zero attached hydrogens (tertiary/aromatic N) is 3. The minimum absolute atomic E-state index is 0.0740. The molecule has 1 heterocycles. The van der Waals surface area contributed by atoms with Crippen LogP contribution < -0.4 is 5.73 Å². The van der Waals surface area contributed by atoms with Crippen molar-refractivity contribution >= 4 is 46.1 Å². The van der Waals surface area contributed by atoms with Gasteiger partial charge in [0.05, 0.1) is 23.4 Å². The third kappa shape index (κ3) is 2.07. The summed E-state index contributed by atoms with van der Waals surface area (Å²) in [7, 11) is 0. The van der Waals surface area contributed by atoms with Crippen molar-refractivity contribution in [2.24, 2.45) is 10.7 Å². The Balaban J connectivity index is 2.53. The number of aromatic nitrogens is 2. The molecule has 0 radical (unpaired) electrons. The van der Waals surface area contributed by atoms with Crippen molar-refractivity contribution in [3.05, 3.63) is 17.2 Å². The van der Waals surface area contributed by atoms with Crippen LogP contribution in [0.3, 0.4) is 0 Å². The molecule has 0 aliphatic rings. The quantitative estimate of drug-likeness (QED) is 0.661. The molecule has 84 valence electrons. The van der Waals surface area contributed by atoms with E-state index in [0.29, 0.717) is 22.8 Å². The van der Waals surface area contributed by atoms with E-state index in [-0.39, 0.29) is 6.02 Å². The zero-order chi connectivity index (χ0) is 11.5. The highest BCUT2D eigenvalue weighted by atomic mass is 35.5. The Morgan fingerprint density at radius 3 is 3.12 bits per heavy atom. The second kappa shape index (κ2) is 4.63. The minimum atomic E-state index is 0.0740. The molecule has 2 rings (SSSR count). The highest BCUT2D eigenvalue weighted by molar-refractivity contribution is 7.00. The van der Waals surface area contributed by atoms with Crippen LogP contribution in [0.25, 0.3) is 11.0 Å². The van der Waals surface area contributed by atoms with E-state index in [4.69, 9.17) is 22.1 Å². The molecule has 16 heavy (non-hydrogen) atoms. The molecule has 5 nitrogen and oxygen atoms in total. The van der Waals surface area contributed by atoms with Gasteiger partial charge in [0.1, 0.15) is 16.7 Å². The highest BCUT2D eigenvalue weighted by Crippen LogP contribution is 2.32. The molecule has 2 aromatic rings. The second-order valence-corrected chi connectivity index (χ2v) is 3.85. The number of amidine groups is 1. The molecule has 0 amide bonds. The number of fused-ring (bicyclic) bond motifs is 1. The largest absolute Gasteiger partial charge is 0.465 e. The molecule has 0 aliphatic carbocycles. The number of ether oxygens (including phenoxy) is 1. The van der Waals surface area contributed by atoms with Gasteiger partial charge in [0, 0.05) is 0 Å². The lowest BCUT2D eigenvalue weighted by Gasteiger charge is -2.02. The van der Waals surface area contributed by atoms with E-state index in [1.807, 2.05) is 6.92 Å². The summed E-state index contributed by atoms with van der Waals surface area (Å²) in [5, 5.41) is 0.475. The topological polar surface area (TPSA) is 73.4 Å². The van der Waals surface area contributed by atoms with Gasteiger partial charge >= 0.3 is 0 Å². The summed E-state index contributed by atoms with van der Waals surface area (Å²) in [4.78, 5) is 4.09. The molecular weight excluding hydrogens is 248 g/mol. The number of hydrogen-bond acceptors (Lipinski definition) is 5. The van der Waals surface area contributed by atoms with Gasteiger partial charge in [-0.25, -0.2) is 0 Å². The minimum Gasteiger partial charge on any atom is -0.465 e. The summed E-state index contributed by atoms with van der Waals surface area (Å²) in [6.07, 6.45) is 0. The van der Waals surface area contributed by atoms with Gasteiger partial charge in [-0.3, -0.25) is 0 Å². The van der Waals surface area contributed by atoms with Crippen molar-refractivity contribution in [2.75, 3.05) is 6.61 Å². The average Bonchev–Trinajstić information content (AvgIpc) is 2.71. The van der Waals surface area contributed by atoms with Gasteiger partial charge in [0.2, 0.25) is 0 Å². The van der Waals surface area contributed by atoms with E-state index in [9.17, 15) is 0 Å². The van der Waals surface area contributed by atoms with Crippen LogP contribution in [-0.2, 0) is 4.74 Å². The molecule has 0 saturated heterocycles. The normalized spacial score (nSPS) is 12.0. The first kappa shape index (κ1) is 11.1. The van der Waals surface area contributed by atoms with Crippen molar-refractivity contribution in [2.45, 2.75) is 6.92 Å². The Morgan fingerprint density at radius 2 is 2.38 bits per heavy atom. The predicted molar refractivity (Wildman–Crippen MR) is 65.3 cm³/mol. The third-order valence-electron chi connectivity index (χ3n) is 1.87. The molecule has 0 aliphatic heterocycles. The van der Waals surface area contributed by atoms with Gasteiger partial charge in [-0.15, -0.1) is 0 Å². The van der Waals surface area contributed by atoms with E-state index in [0.717, 1.165) is 17.2 Å². The molecule has 7 heteroatoms. The lowest BCUT2D eigenvalue weighted by atomic mass is 10.3. The fourth-order valence-electron chi connectivity index (χ4n) is 1.21. The summed E-state index contributed by atoms with van der Waals surface area (Å²) in [6, 6.07) is 3.57. The molecule has 2 N–H and O–H groups in total. The van der Waals surface area contributed by atoms with Crippen LogP contribution in [0.1, 0.15) is 6.92 Å². The maximum Gasteiger partial charge on any atom is 0.287 e. The smallest absolute Gasteiger partial charge is 0.287 e. The van der Waals surface area contributed by atoms with Crippen molar-refractivity contribution in [3.63, 3.8) is 0 Å². The van der Waals surface area contributed by atoms with Crippen LogP contribution >= 0.6 is 23.3 Å². The van der Waals surface area contributed by atoms with E-state index >= 15 is 0 Å². The molecular formula is C9H9ClN4OS. The van der Waals surface area contributed by atoms with Crippen molar-refractivity contribution < 1.29 is 4.74 Å². The Hall–Kier alpha value is -1.40. The molecule has 1 aromatic heterocycles. The summed E-state index contributed by atoms with van der Waals surface area (Å²) < 4.78 is 13.3. The number of rotatable bonds is 2. The highest BCUT2D eigenvalue weighted by Gasteiger charge is 2.09. The summed E-state index contributed by atoms with van der Waals surface area (Å²) in [5.41, 5.74) is 7.45. The summed E-state index contributed by atoms with van der Waals surface area (Å²) in [5.74, 6) is 0. The van der Waals surface area contributed by atoms with Crippen LogP contribution in [0.4, 0.5) is 5.69 Å². The predicted octanol–water partition coefficient (Wildman–Crippen LogP) is 2.33. The average molecular weight is 257 g/mol. The Morgan fingerprint density at radius 1 is 1.56 bits per heavy atom. The van der Waals surface area contributed by atoms with Gasteiger partial charge in [0.15, 0.2) is 0 Å².